The molecule has 1 N–H and O–H groups in total. The molecule has 0 bridgehead atoms. The van der Waals surface area contributed by atoms with E-state index in [2.05, 4.69) is 5.32 Å². The Labute approximate surface area is 138 Å². The largest absolute Gasteiger partial charge is 0.492 e. The van der Waals surface area contributed by atoms with Gasteiger partial charge in [-0.1, -0.05) is 48.9 Å². The van der Waals surface area contributed by atoms with Crippen molar-refractivity contribution in [2.75, 3.05) is 13.7 Å². The van der Waals surface area contributed by atoms with E-state index in [1.54, 1.807) is 0 Å². The fourth-order valence-electron chi connectivity index (χ4n) is 3.23. The maximum absolute atomic E-state index is 6.43. The van der Waals surface area contributed by atoms with Crippen molar-refractivity contribution in [1.82, 2.24) is 5.32 Å². The zero-order valence-electron chi connectivity index (χ0n) is 12.9. The molecule has 1 atom stereocenters. The molecule has 21 heavy (non-hydrogen) atoms. The van der Waals surface area contributed by atoms with Crippen molar-refractivity contribution in [2.45, 2.75) is 51.5 Å². The Bertz CT molecular complexity index is 458. The second-order valence-corrected chi connectivity index (χ2v) is 6.62. The Hall–Kier alpha value is -0.440. The minimum Gasteiger partial charge on any atom is -0.492 e. The maximum Gasteiger partial charge on any atom is 0.139 e. The second kappa shape index (κ2) is 8.26. The van der Waals surface area contributed by atoms with E-state index in [0.29, 0.717) is 17.4 Å². The molecule has 0 spiro atoms. The van der Waals surface area contributed by atoms with Crippen molar-refractivity contribution in [3.8, 4) is 5.75 Å². The Morgan fingerprint density at radius 1 is 1.24 bits per heavy atom. The second-order valence-electron chi connectivity index (χ2n) is 5.81. The smallest absolute Gasteiger partial charge is 0.139 e. The zero-order chi connectivity index (χ0) is 15.2. The minimum absolute atomic E-state index is 0.256. The van der Waals surface area contributed by atoms with Crippen molar-refractivity contribution in [3.63, 3.8) is 0 Å². The molecule has 0 radical (unpaired) electrons. The van der Waals surface area contributed by atoms with Crippen LogP contribution in [-0.4, -0.2) is 13.7 Å². The first-order valence-electron chi connectivity index (χ1n) is 7.94. The van der Waals surface area contributed by atoms with Crippen molar-refractivity contribution in [2.24, 2.45) is 5.92 Å². The molecule has 2 rings (SSSR count). The molecule has 1 unspecified atom stereocenters. The van der Waals surface area contributed by atoms with Gasteiger partial charge in [-0.25, -0.2) is 0 Å². The van der Waals surface area contributed by atoms with Crippen LogP contribution in [0.1, 0.15) is 57.1 Å². The molecule has 1 fully saturated rings. The number of benzene rings is 1. The first-order chi connectivity index (χ1) is 10.2. The summed E-state index contributed by atoms with van der Waals surface area (Å²) in [5.41, 5.74) is 1.07. The van der Waals surface area contributed by atoms with Crippen LogP contribution in [0.3, 0.4) is 0 Å². The summed E-state index contributed by atoms with van der Waals surface area (Å²) >= 11 is 12.7. The Morgan fingerprint density at radius 2 is 1.95 bits per heavy atom. The molecule has 2 nitrogen and oxygen atoms in total. The van der Waals surface area contributed by atoms with Gasteiger partial charge in [0.15, 0.2) is 0 Å². The first kappa shape index (κ1) is 16.9. The highest BCUT2D eigenvalue weighted by Gasteiger charge is 2.20. The number of hydrogen-bond acceptors (Lipinski definition) is 2. The quantitative estimate of drug-likeness (QED) is 0.700. The third-order valence-electron chi connectivity index (χ3n) is 4.41. The van der Waals surface area contributed by atoms with E-state index in [0.717, 1.165) is 22.9 Å². The molecule has 0 aliphatic heterocycles. The predicted molar refractivity (Wildman–Crippen MR) is 90.6 cm³/mol. The summed E-state index contributed by atoms with van der Waals surface area (Å²) < 4.78 is 5.49. The van der Waals surface area contributed by atoms with Gasteiger partial charge in [0.2, 0.25) is 0 Å². The lowest BCUT2D eigenvalue weighted by Gasteiger charge is -2.21. The van der Waals surface area contributed by atoms with Crippen LogP contribution in [0.25, 0.3) is 0 Å². The van der Waals surface area contributed by atoms with Gasteiger partial charge < -0.3 is 10.1 Å². The number of ether oxygens (including phenoxy) is 1. The summed E-state index contributed by atoms with van der Waals surface area (Å²) in [7, 11) is 1.99. The third kappa shape index (κ3) is 4.51. The summed E-state index contributed by atoms with van der Waals surface area (Å²) in [6, 6.07) is 4.04. The van der Waals surface area contributed by atoms with Crippen molar-refractivity contribution in [3.05, 3.63) is 27.7 Å². The topological polar surface area (TPSA) is 21.3 Å². The van der Waals surface area contributed by atoms with Crippen LogP contribution in [0.4, 0.5) is 0 Å². The molecular weight excluding hydrogens is 305 g/mol. The van der Waals surface area contributed by atoms with Crippen LogP contribution in [0.5, 0.6) is 5.75 Å². The Morgan fingerprint density at radius 3 is 2.57 bits per heavy atom. The van der Waals surface area contributed by atoms with E-state index in [1.807, 2.05) is 26.1 Å². The average molecular weight is 330 g/mol. The molecule has 0 heterocycles. The molecule has 0 amide bonds. The van der Waals surface area contributed by atoms with Crippen molar-refractivity contribution >= 4 is 23.2 Å². The molecule has 4 heteroatoms. The van der Waals surface area contributed by atoms with Gasteiger partial charge in [-0.15, -0.1) is 0 Å². The van der Waals surface area contributed by atoms with Crippen LogP contribution in [-0.2, 0) is 0 Å². The molecule has 1 saturated carbocycles. The summed E-state index contributed by atoms with van der Waals surface area (Å²) in [6.07, 6.45) is 7.91. The van der Waals surface area contributed by atoms with Gasteiger partial charge in [-0.2, -0.15) is 0 Å². The highest BCUT2D eigenvalue weighted by atomic mass is 35.5. The molecule has 1 aliphatic carbocycles. The highest BCUT2D eigenvalue weighted by Crippen LogP contribution is 2.37. The summed E-state index contributed by atoms with van der Waals surface area (Å²) in [5.74, 6) is 1.55. The molecule has 1 aromatic carbocycles. The Balaban J connectivity index is 2.07. The lowest BCUT2D eigenvalue weighted by Crippen LogP contribution is -2.18. The van der Waals surface area contributed by atoms with Gasteiger partial charge in [0, 0.05) is 17.1 Å². The highest BCUT2D eigenvalue weighted by molar-refractivity contribution is 6.34. The average Bonchev–Trinajstić information content (AvgIpc) is 2.98. The molecule has 118 valence electrons. The fraction of sp³-hybridized carbons (Fsp3) is 0.647. The van der Waals surface area contributed by atoms with Crippen molar-refractivity contribution in [1.29, 1.82) is 0 Å². The molecule has 1 aliphatic rings. The number of hydrogen-bond donors (Lipinski definition) is 1. The molecular formula is C17H25Cl2NO. The van der Waals surface area contributed by atoms with Gasteiger partial charge in [0.05, 0.1) is 11.6 Å². The van der Waals surface area contributed by atoms with Gasteiger partial charge >= 0.3 is 0 Å². The van der Waals surface area contributed by atoms with Crippen LogP contribution in [0.15, 0.2) is 12.1 Å². The third-order valence-corrected chi connectivity index (χ3v) is 5.04. The summed E-state index contributed by atoms with van der Waals surface area (Å²) in [6.45, 7) is 2.53. The zero-order valence-corrected chi connectivity index (χ0v) is 14.4. The SMILES string of the molecule is CCOc1cc(Cl)c(C(CCC2CCCC2)NC)cc1Cl. The number of rotatable bonds is 7. The molecule has 1 aromatic rings. The van der Waals surface area contributed by atoms with E-state index in [-0.39, 0.29) is 6.04 Å². The first-order valence-corrected chi connectivity index (χ1v) is 8.70. The number of halogens is 2. The maximum atomic E-state index is 6.43. The van der Waals surface area contributed by atoms with Crippen molar-refractivity contribution < 1.29 is 4.74 Å². The fourth-order valence-corrected chi connectivity index (χ4v) is 3.75. The summed E-state index contributed by atoms with van der Waals surface area (Å²) in [5, 5.41) is 4.74. The van der Waals surface area contributed by atoms with E-state index in [9.17, 15) is 0 Å². The minimum atomic E-state index is 0.256. The monoisotopic (exact) mass is 329 g/mol. The van der Waals surface area contributed by atoms with E-state index < -0.39 is 0 Å². The van der Waals surface area contributed by atoms with Gasteiger partial charge in [-0.3, -0.25) is 0 Å². The Kier molecular flexibility index (Phi) is 6.66. The van der Waals surface area contributed by atoms with Crippen LogP contribution in [0, 0.1) is 5.92 Å². The normalized spacial score (nSPS) is 17.1. The van der Waals surface area contributed by atoms with Crippen LogP contribution in [0.2, 0.25) is 10.0 Å². The number of nitrogens with one attached hydrogen (secondary N) is 1. The molecule has 0 aromatic heterocycles. The van der Waals surface area contributed by atoms with E-state index in [1.165, 1.54) is 32.1 Å². The standard InChI is InChI=1S/C17H25Cl2NO/c1-3-21-17-11-14(18)13(10-15(17)19)16(20-2)9-8-12-6-4-5-7-12/h10-12,16,20H,3-9H2,1-2H3. The van der Waals surface area contributed by atoms with Gasteiger partial charge in [-0.05, 0) is 44.4 Å². The summed E-state index contributed by atoms with van der Waals surface area (Å²) in [4.78, 5) is 0. The lowest BCUT2D eigenvalue weighted by molar-refractivity contribution is 0.340. The van der Waals surface area contributed by atoms with Gasteiger partial charge in [0.25, 0.3) is 0 Å². The lowest BCUT2D eigenvalue weighted by atomic mass is 9.95. The van der Waals surface area contributed by atoms with Crippen LogP contribution >= 0.6 is 23.2 Å². The van der Waals surface area contributed by atoms with E-state index >= 15 is 0 Å². The predicted octanol–water partition coefficient (Wildman–Crippen LogP) is 5.62. The van der Waals surface area contributed by atoms with Crippen LogP contribution < -0.4 is 10.1 Å². The molecule has 0 saturated heterocycles. The van der Waals surface area contributed by atoms with Gasteiger partial charge in [0.1, 0.15) is 5.75 Å². The van der Waals surface area contributed by atoms with E-state index in [4.69, 9.17) is 27.9 Å².